The van der Waals surface area contributed by atoms with E-state index in [1.54, 1.807) is 11.8 Å². The lowest BCUT2D eigenvalue weighted by molar-refractivity contribution is -0.136. The zero-order valence-corrected chi connectivity index (χ0v) is 11.3. The first-order chi connectivity index (χ1) is 8.66. The van der Waals surface area contributed by atoms with Gasteiger partial charge in [0, 0.05) is 19.0 Å². The Morgan fingerprint density at radius 2 is 1.67 bits per heavy atom. The van der Waals surface area contributed by atoms with E-state index in [-0.39, 0.29) is 24.4 Å². The van der Waals surface area contributed by atoms with Gasteiger partial charge in [0.15, 0.2) is 0 Å². The first-order valence-electron chi connectivity index (χ1n) is 7.23. The van der Waals surface area contributed by atoms with Crippen LogP contribution < -0.4 is 5.32 Å². The molecule has 102 valence electrons. The summed E-state index contributed by atoms with van der Waals surface area (Å²) in [4.78, 5) is 25.4. The Balaban J connectivity index is 1.88. The Hall–Kier alpha value is -1.06. The molecule has 0 bridgehead atoms. The van der Waals surface area contributed by atoms with E-state index < -0.39 is 0 Å². The number of hydrogen-bond acceptors (Lipinski definition) is 2. The van der Waals surface area contributed by atoms with Crippen molar-refractivity contribution in [3.8, 4) is 0 Å². The van der Waals surface area contributed by atoms with E-state index in [1.165, 1.54) is 25.7 Å². The van der Waals surface area contributed by atoms with Crippen LogP contribution in [0.2, 0.25) is 0 Å². The van der Waals surface area contributed by atoms with Gasteiger partial charge < -0.3 is 10.2 Å². The summed E-state index contributed by atoms with van der Waals surface area (Å²) in [6.07, 6.45) is 9.17. The maximum Gasteiger partial charge on any atom is 0.239 e. The fourth-order valence-electron chi connectivity index (χ4n) is 2.72. The fraction of sp³-hybridized carbons (Fsp3) is 0.857. The van der Waals surface area contributed by atoms with Crippen molar-refractivity contribution in [1.82, 2.24) is 10.2 Å². The normalized spacial score (nSPS) is 21.2. The molecule has 2 rings (SSSR count). The average molecular weight is 252 g/mol. The molecule has 2 saturated carbocycles. The molecule has 0 radical (unpaired) electrons. The van der Waals surface area contributed by atoms with Crippen LogP contribution in [0.15, 0.2) is 0 Å². The van der Waals surface area contributed by atoms with Crippen molar-refractivity contribution >= 4 is 11.8 Å². The third kappa shape index (κ3) is 4.00. The van der Waals surface area contributed by atoms with Crippen molar-refractivity contribution in [2.75, 3.05) is 6.54 Å². The second-order valence-corrected chi connectivity index (χ2v) is 5.63. The Bertz CT molecular complexity index is 305. The first kappa shape index (κ1) is 13.4. The van der Waals surface area contributed by atoms with Gasteiger partial charge in [-0.15, -0.1) is 0 Å². The van der Waals surface area contributed by atoms with Crippen LogP contribution in [0.5, 0.6) is 0 Å². The second kappa shape index (κ2) is 6.21. The van der Waals surface area contributed by atoms with Crippen LogP contribution in [0.4, 0.5) is 0 Å². The van der Waals surface area contributed by atoms with Crippen molar-refractivity contribution in [2.24, 2.45) is 0 Å². The van der Waals surface area contributed by atoms with Gasteiger partial charge in [0.25, 0.3) is 0 Å². The third-order valence-corrected chi connectivity index (χ3v) is 3.93. The lowest BCUT2D eigenvalue weighted by Gasteiger charge is -2.29. The van der Waals surface area contributed by atoms with Crippen LogP contribution in [0.3, 0.4) is 0 Å². The summed E-state index contributed by atoms with van der Waals surface area (Å²) in [5.74, 6) is 0.0461. The molecule has 0 aliphatic heterocycles. The Labute approximate surface area is 109 Å². The summed E-state index contributed by atoms with van der Waals surface area (Å²) in [6.45, 7) is 1.83. The van der Waals surface area contributed by atoms with E-state index in [9.17, 15) is 9.59 Å². The van der Waals surface area contributed by atoms with Crippen molar-refractivity contribution in [3.05, 3.63) is 0 Å². The van der Waals surface area contributed by atoms with E-state index >= 15 is 0 Å². The summed E-state index contributed by atoms with van der Waals surface area (Å²) in [5, 5.41) is 2.96. The van der Waals surface area contributed by atoms with E-state index in [0.717, 1.165) is 25.7 Å². The van der Waals surface area contributed by atoms with Gasteiger partial charge in [-0.3, -0.25) is 9.59 Å². The molecule has 0 spiro atoms. The van der Waals surface area contributed by atoms with Gasteiger partial charge in [-0.1, -0.05) is 25.7 Å². The van der Waals surface area contributed by atoms with Gasteiger partial charge in [-0.25, -0.2) is 0 Å². The van der Waals surface area contributed by atoms with Crippen LogP contribution in [-0.2, 0) is 9.59 Å². The predicted molar refractivity (Wildman–Crippen MR) is 70.0 cm³/mol. The number of carbonyl (C=O) groups excluding carboxylic acids is 2. The fourth-order valence-corrected chi connectivity index (χ4v) is 2.72. The largest absolute Gasteiger partial charge is 0.352 e. The number of hydrogen-bond donors (Lipinski definition) is 1. The molecule has 0 saturated heterocycles. The number of nitrogens with zero attached hydrogens (tertiary/aromatic N) is 1. The van der Waals surface area contributed by atoms with Crippen molar-refractivity contribution in [1.29, 1.82) is 0 Å². The minimum Gasteiger partial charge on any atom is -0.352 e. The van der Waals surface area contributed by atoms with Gasteiger partial charge in [0.1, 0.15) is 0 Å². The quantitative estimate of drug-likeness (QED) is 0.776. The van der Waals surface area contributed by atoms with E-state index in [2.05, 4.69) is 5.32 Å². The Morgan fingerprint density at radius 1 is 1.06 bits per heavy atom. The molecular weight excluding hydrogens is 228 g/mol. The zero-order chi connectivity index (χ0) is 13.0. The molecule has 2 aliphatic rings. The predicted octanol–water partition coefficient (Wildman–Crippen LogP) is 1.84. The summed E-state index contributed by atoms with van der Waals surface area (Å²) in [5.41, 5.74) is 0. The van der Waals surface area contributed by atoms with Crippen LogP contribution in [0.1, 0.15) is 58.3 Å². The Morgan fingerprint density at radius 3 is 2.17 bits per heavy atom. The molecule has 0 unspecified atom stereocenters. The summed E-state index contributed by atoms with van der Waals surface area (Å²) in [7, 11) is 0. The maximum absolute atomic E-state index is 11.8. The molecule has 0 heterocycles. The molecule has 0 aromatic rings. The molecule has 0 aromatic carbocycles. The first-order valence-corrected chi connectivity index (χ1v) is 7.23. The lowest BCUT2D eigenvalue weighted by Crippen LogP contribution is -2.45. The topological polar surface area (TPSA) is 49.4 Å². The molecule has 4 nitrogen and oxygen atoms in total. The zero-order valence-electron chi connectivity index (χ0n) is 11.3. The minimum atomic E-state index is 0.0111. The monoisotopic (exact) mass is 252 g/mol. The molecule has 0 aromatic heterocycles. The number of carbonyl (C=O) groups is 2. The number of amides is 2. The number of rotatable bonds is 4. The third-order valence-electron chi connectivity index (χ3n) is 3.93. The molecule has 18 heavy (non-hydrogen) atoms. The van der Waals surface area contributed by atoms with E-state index in [1.807, 2.05) is 0 Å². The summed E-state index contributed by atoms with van der Waals surface area (Å²) < 4.78 is 0. The Kier molecular flexibility index (Phi) is 4.61. The van der Waals surface area contributed by atoms with Gasteiger partial charge in [-0.05, 0) is 25.7 Å². The summed E-state index contributed by atoms with van der Waals surface area (Å²) in [6, 6.07) is 0.649. The average Bonchev–Trinajstić information content (AvgIpc) is 3.11. The lowest BCUT2D eigenvalue weighted by atomic mass is 10.1. The molecular formula is C14H24N2O2. The molecule has 4 heteroatoms. The molecule has 1 N–H and O–H groups in total. The minimum absolute atomic E-state index is 0.0111. The SMILES string of the molecule is CC(=O)N(CC(=O)NC1CC1)C1CCCCCC1. The highest BCUT2D eigenvalue weighted by atomic mass is 16.2. The van der Waals surface area contributed by atoms with Crippen molar-refractivity contribution in [2.45, 2.75) is 70.4 Å². The molecule has 2 aliphatic carbocycles. The highest BCUT2D eigenvalue weighted by Crippen LogP contribution is 2.22. The van der Waals surface area contributed by atoms with Crippen LogP contribution >= 0.6 is 0 Å². The van der Waals surface area contributed by atoms with Gasteiger partial charge in [0.05, 0.1) is 6.54 Å². The van der Waals surface area contributed by atoms with E-state index in [4.69, 9.17) is 0 Å². The maximum atomic E-state index is 11.8. The van der Waals surface area contributed by atoms with Gasteiger partial charge in [-0.2, -0.15) is 0 Å². The molecule has 2 fully saturated rings. The summed E-state index contributed by atoms with van der Waals surface area (Å²) >= 11 is 0. The smallest absolute Gasteiger partial charge is 0.239 e. The van der Waals surface area contributed by atoms with E-state index in [0.29, 0.717) is 6.04 Å². The molecule has 2 amide bonds. The standard InChI is InChI=1S/C14H24N2O2/c1-11(17)16(10-14(18)15-12-8-9-12)13-6-4-2-3-5-7-13/h12-13H,2-10H2,1H3,(H,15,18). The second-order valence-electron chi connectivity index (χ2n) is 5.63. The van der Waals surface area contributed by atoms with Crippen LogP contribution in [0, 0.1) is 0 Å². The van der Waals surface area contributed by atoms with Crippen molar-refractivity contribution < 1.29 is 9.59 Å². The van der Waals surface area contributed by atoms with Gasteiger partial charge in [0.2, 0.25) is 11.8 Å². The number of nitrogens with one attached hydrogen (secondary N) is 1. The highest BCUT2D eigenvalue weighted by molar-refractivity contribution is 5.84. The van der Waals surface area contributed by atoms with Gasteiger partial charge >= 0.3 is 0 Å². The van der Waals surface area contributed by atoms with Crippen LogP contribution in [-0.4, -0.2) is 35.3 Å². The molecule has 0 atom stereocenters. The van der Waals surface area contributed by atoms with Crippen LogP contribution in [0.25, 0.3) is 0 Å². The van der Waals surface area contributed by atoms with Crippen molar-refractivity contribution in [3.63, 3.8) is 0 Å². The highest BCUT2D eigenvalue weighted by Gasteiger charge is 2.27.